The normalized spacial score (nSPS) is 11.0. The topological polar surface area (TPSA) is 65.7 Å². The molecule has 0 saturated carbocycles. The first-order chi connectivity index (χ1) is 8.69. The van der Waals surface area contributed by atoms with Crippen LogP contribution in [0.25, 0.3) is 16.9 Å². The number of nitrogen functional groups attached to an aromatic ring is 1. The predicted octanol–water partition coefficient (Wildman–Crippen LogP) is 2.49. The van der Waals surface area contributed by atoms with Crippen molar-refractivity contribution >= 4 is 11.5 Å². The lowest BCUT2D eigenvalue weighted by Gasteiger charge is -2.02. The van der Waals surface area contributed by atoms with Crippen molar-refractivity contribution in [2.45, 2.75) is 6.92 Å². The second kappa shape index (κ2) is 3.80. The maximum absolute atomic E-state index is 5.68. The minimum Gasteiger partial charge on any atom is -0.480 e. The van der Waals surface area contributed by atoms with E-state index in [1.165, 1.54) is 0 Å². The van der Waals surface area contributed by atoms with Crippen molar-refractivity contribution in [3.63, 3.8) is 0 Å². The molecule has 2 N–H and O–H groups in total. The quantitative estimate of drug-likeness (QED) is 0.751. The average Bonchev–Trinajstić information content (AvgIpc) is 2.91. The molecule has 3 aromatic rings. The van der Waals surface area contributed by atoms with Crippen LogP contribution < -0.4 is 10.5 Å². The molecule has 92 valence electrons. The van der Waals surface area contributed by atoms with Crippen LogP contribution in [0.2, 0.25) is 0 Å². The molecule has 3 aromatic heterocycles. The number of methoxy groups -OCH3 is 1. The van der Waals surface area contributed by atoms with Gasteiger partial charge in [0.1, 0.15) is 11.4 Å². The largest absolute Gasteiger partial charge is 0.480 e. The van der Waals surface area contributed by atoms with E-state index < -0.39 is 0 Å². The molecular formula is C13H13N3O2. The number of hydrogen-bond acceptors (Lipinski definition) is 4. The molecule has 0 aliphatic carbocycles. The molecule has 0 fully saturated rings. The fourth-order valence-corrected chi connectivity index (χ4v) is 2.07. The molecule has 0 aliphatic heterocycles. The number of hydrogen-bond donors (Lipinski definition) is 1. The van der Waals surface area contributed by atoms with Crippen molar-refractivity contribution in [2.24, 2.45) is 0 Å². The summed E-state index contributed by atoms with van der Waals surface area (Å²) in [4.78, 5) is 4.33. The maximum Gasteiger partial charge on any atom is 0.232 e. The first kappa shape index (κ1) is 10.7. The Morgan fingerprint density at radius 2 is 2.22 bits per heavy atom. The van der Waals surface area contributed by atoms with Crippen LogP contribution in [-0.4, -0.2) is 16.5 Å². The SMILES string of the molecule is COc1cn2c(-c3cc(N)oc3C)cccc2n1. The first-order valence-electron chi connectivity index (χ1n) is 5.57. The summed E-state index contributed by atoms with van der Waals surface area (Å²) >= 11 is 0. The Kier molecular flexibility index (Phi) is 2.26. The number of rotatable bonds is 2. The van der Waals surface area contributed by atoms with Crippen LogP contribution in [-0.2, 0) is 0 Å². The van der Waals surface area contributed by atoms with Gasteiger partial charge in [0, 0.05) is 11.6 Å². The highest BCUT2D eigenvalue weighted by molar-refractivity contribution is 5.68. The molecular weight excluding hydrogens is 230 g/mol. The van der Waals surface area contributed by atoms with Crippen molar-refractivity contribution in [3.8, 4) is 17.1 Å². The highest BCUT2D eigenvalue weighted by Gasteiger charge is 2.12. The van der Waals surface area contributed by atoms with Crippen LogP contribution in [0.1, 0.15) is 5.76 Å². The third-order valence-electron chi connectivity index (χ3n) is 2.89. The summed E-state index contributed by atoms with van der Waals surface area (Å²) in [6.45, 7) is 1.89. The van der Waals surface area contributed by atoms with Crippen LogP contribution in [0.3, 0.4) is 0 Å². The number of furan rings is 1. The van der Waals surface area contributed by atoms with Crippen molar-refractivity contribution in [2.75, 3.05) is 12.8 Å². The van der Waals surface area contributed by atoms with Gasteiger partial charge in [-0.15, -0.1) is 0 Å². The number of anilines is 1. The Morgan fingerprint density at radius 1 is 1.39 bits per heavy atom. The van der Waals surface area contributed by atoms with E-state index in [9.17, 15) is 0 Å². The van der Waals surface area contributed by atoms with Gasteiger partial charge in [0.05, 0.1) is 19.0 Å². The summed E-state index contributed by atoms with van der Waals surface area (Å²) in [5, 5.41) is 0. The monoisotopic (exact) mass is 243 g/mol. The molecule has 5 heteroatoms. The average molecular weight is 243 g/mol. The molecule has 0 amide bonds. The second-order valence-electron chi connectivity index (χ2n) is 4.04. The number of pyridine rings is 1. The summed E-state index contributed by atoms with van der Waals surface area (Å²) in [7, 11) is 1.60. The maximum atomic E-state index is 5.68. The van der Waals surface area contributed by atoms with E-state index in [-0.39, 0.29) is 0 Å². The Balaban J connectivity index is 2.28. The van der Waals surface area contributed by atoms with Crippen molar-refractivity contribution < 1.29 is 9.15 Å². The zero-order chi connectivity index (χ0) is 12.7. The Morgan fingerprint density at radius 3 is 2.89 bits per heavy atom. The molecule has 0 aliphatic rings. The molecule has 3 rings (SSSR count). The van der Waals surface area contributed by atoms with Crippen LogP contribution in [0.4, 0.5) is 5.88 Å². The van der Waals surface area contributed by atoms with Gasteiger partial charge in [-0.1, -0.05) is 6.07 Å². The summed E-state index contributed by atoms with van der Waals surface area (Å²) in [6, 6.07) is 7.67. The lowest BCUT2D eigenvalue weighted by atomic mass is 10.1. The number of aromatic nitrogens is 2. The number of imidazole rings is 1. The number of nitrogens with zero attached hydrogens (tertiary/aromatic N) is 2. The summed E-state index contributed by atoms with van der Waals surface area (Å²) in [6.07, 6.45) is 1.84. The number of ether oxygens (including phenoxy) is 1. The smallest absolute Gasteiger partial charge is 0.232 e. The van der Waals surface area contributed by atoms with E-state index in [0.29, 0.717) is 11.8 Å². The van der Waals surface area contributed by atoms with Gasteiger partial charge in [0.15, 0.2) is 5.88 Å². The van der Waals surface area contributed by atoms with E-state index in [4.69, 9.17) is 14.9 Å². The highest BCUT2D eigenvalue weighted by atomic mass is 16.5. The van der Waals surface area contributed by atoms with Crippen LogP contribution in [0, 0.1) is 6.92 Å². The Hall–Kier alpha value is -2.43. The molecule has 3 heterocycles. The van der Waals surface area contributed by atoms with E-state index >= 15 is 0 Å². The highest BCUT2D eigenvalue weighted by Crippen LogP contribution is 2.29. The van der Waals surface area contributed by atoms with E-state index in [1.54, 1.807) is 7.11 Å². The third-order valence-corrected chi connectivity index (χ3v) is 2.89. The number of fused-ring (bicyclic) bond motifs is 1. The van der Waals surface area contributed by atoms with Crippen molar-refractivity contribution in [1.29, 1.82) is 0 Å². The molecule has 0 bridgehead atoms. The van der Waals surface area contributed by atoms with Gasteiger partial charge in [-0.25, -0.2) is 0 Å². The van der Waals surface area contributed by atoms with Gasteiger partial charge >= 0.3 is 0 Å². The number of nitrogens with two attached hydrogens (primary N) is 1. The van der Waals surface area contributed by atoms with Gasteiger partial charge < -0.3 is 14.9 Å². The van der Waals surface area contributed by atoms with Crippen LogP contribution >= 0.6 is 0 Å². The molecule has 0 atom stereocenters. The zero-order valence-electron chi connectivity index (χ0n) is 10.2. The van der Waals surface area contributed by atoms with Gasteiger partial charge in [0.2, 0.25) is 5.88 Å². The molecule has 0 aromatic carbocycles. The van der Waals surface area contributed by atoms with E-state index in [0.717, 1.165) is 22.7 Å². The van der Waals surface area contributed by atoms with Crippen LogP contribution in [0.15, 0.2) is 34.9 Å². The number of aryl methyl sites for hydroxylation is 1. The summed E-state index contributed by atoms with van der Waals surface area (Å²) in [5.41, 5.74) is 8.43. The fourth-order valence-electron chi connectivity index (χ4n) is 2.07. The molecule has 0 spiro atoms. The van der Waals surface area contributed by atoms with E-state index in [1.807, 2.05) is 41.8 Å². The molecule has 0 unspecified atom stereocenters. The lowest BCUT2D eigenvalue weighted by molar-refractivity contribution is 0.400. The van der Waals surface area contributed by atoms with Crippen LogP contribution in [0.5, 0.6) is 5.88 Å². The second-order valence-corrected chi connectivity index (χ2v) is 4.04. The van der Waals surface area contributed by atoms with Gasteiger partial charge in [-0.05, 0) is 19.1 Å². The minimum absolute atomic E-state index is 0.409. The van der Waals surface area contributed by atoms with E-state index in [2.05, 4.69) is 4.98 Å². The molecule has 5 nitrogen and oxygen atoms in total. The molecule has 0 radical (unpaired) electrons. The summed E-state index contributed by atoms with van der Waals surface area (Å²) < 4.78 is 12.5. The zero-order valence-corrected chi connectivity index (χ0v) is 10.2. The third kappa shape index (κ3) is 1.52. The molecule has 18 heavy (non-hydrogen) atoms. The Labute approximate surface area is 104 Å². The van der Waals surface area contributed by atoms with Crippen molar-refractivity contribution in [1.82, 2.24) is 9.38 Å². The Bertz CT molecular complexity index is 712. The predicted molar refractivity (Wildman–Crippen MR) is 68.6 cm³/mol. The van der Waals surface area contributed by atoms with Crippen molar-refractivity contribution in [3.05, 3.63) is 36.2 Å². The molecule has 0 saturated heterocycles. The minimum atomic E-state index is 0.409. The summed E-state index contributed by atoms with van der Waals surface area (Å²) in [5.74, 6) is 1.77. The van der Waals surface area contributed by atoms with Gasteiger partial charge in [0.25, 0.3) is 0 Å². The van der Waals surface area contributed by atoms with Gasteiger partial charge in [-0.2, -0.15) is 4.98 Å². The fraction of sp³-hybridized carbons (Fsp3) is 0.154. The van der Waals surface area contributed by atoms with Gasteiger partial charge in [-0.3, -0.25) is 4.40 Å². The lowest BCUT2D eigenvalue weighted by Crippen LogP contribution is -1.90. The standard InChI is InChI=1S/C13H13N3O2/c1-8-9(6-11(14)18-8)10-4-3-5-12-15-13(17-2)7-16(10)12/h3-7H,14H2,1-2H3. The first-order valence-corrected chi connectivity index (χ1v) is 5.57.